The molecule has 3 heterocycles. The Morgan fingerprint density at radius 2 is 1.88 bits per heavy atom. The van der Waals surface area contributed by atoms with E-state index in [2.05, 4.69) is 32.8 Å². The van der Waals surface area contributed by atoms with Gasteiger partial charge in [-0.1, -0.05) is 6.07 Å². The summed E-state index contributed by atoms with van der Waals surface area (Å²) in [5.74, 6) is 0.404. The Bertz CT molecular complexity index is 700. The summed E-state index contributed by atoms with van der Waals surface area (Å²) in [6, 6.07) is 9.85. The molecule has 0 N–H and O–H groups in total. The fourth-order valence-electron chi connectivity index (χ4n) is 3.15. The summed E-state index contributed by atoms with van der Waals surface area (Å²) in [5.41, 5.74) is 1.62. The molecule has 0 spiro atoms. The van der Waals surface area contributed by atoms with Crippen LogP contribution in [0.3, 0.4) is 0 Å². The minimum absolute atomic E-state index is 0.275. The number of esters is 1. The van der Waals surface area contributed by atoms with Crippen molar-refractivity contribution in [2.45, 2.75) is 19.9 Å². The van der Waals surface area contributed by atoms with Gasteiger partial charge in [0, 0.05) is 44.6 Å². The first kappa shape index (κ1) is 17.4. The zero-order valence-electron chi connectivity index (χ0n) is 14.8. The van der Waals surface area contributed by atoms with E-state index in [-0.39, 0.29) is 12.0 Å². The molecule has 2 aromatic rings. The molecule has 25 heavy (non-hydrogen) atoms. The number of hydrogen-bond acceptors (Lipinski definition) is 6. The van der Waals surface area contributed by atoms with Gasteiger partial charge in [-0.15, -0.1) is 0 Å². The molecule has 1 saturated heterocycles. The Balaban J connectivity index is 1.68. The summed E-state index contributed by atoms with van der Waals surface area (Å²) in [6.07, 6.45) is 3.56. The molecule has 0 bridgehead atoms. The third kappa shape index (κ3) is 3.96. The van der Waals surface area contributed by atoms with Gasteiger partial charge in [0.15, 0.2) is 0 Å². The predicted octanol–water partition coefficient (Wildman–Crippen LogP) is 2.54. The Kier molecular flexibility index (Phi) is 5.60. The topological polar surface area (TPSA) is 58.6 Å². The number of nitrogens with zero attached hydrogens (tertiary/aromatic N) is 4. The summed E-state index contributed by atoms with van der Waals surface area (Å²) in [6.45, 7) is 7.80. The molecular weight excluding hydrogens is 316 g/mol. The SMILES string of the molecule is CCOC(=O)c1cccnc1N1CCN([C@@H](C)c2ccccn2)CC1. The van der Waals surface area contributed by atoms with Crippen LogP contribution in [0.1, 0.15) is 35.9 Å². The van der Waals surface area contributed by atoms with E-state index in [1.165, 1.54) is 0 Å². The van der Waals surface area contributed by atoms with Crippen LogP contribution in [0.15, 0.2) is 42.7 Å². The van der Waals surface area contributed by atoms with Gasteiger partial charge in [-0.25, -0.2) is 9.78 Å². The van der Waals surface area contributed by atoms with E-state index in [9.17, 15) is 4.79 Å². The third-order valence-electron chi connectivity index (χ3n) is 4.56. The number of ether oxygens (including phenoxy) is 1. The maximum absolute atomic E-state index is 12.2. The Morgan fingerprint density at radius 1 is 1.12 bits per heavy atom. The number of carbonyl (C=O) groups is 1. The van der Waals surface area contributed by atoms with Gasteiger partial charge < -0.3 is 9.64 Å². The molecule has 6 nitrogen and oxygen atoms in total. The summed E-state index contributed by atoms with van der Waals surface area (Å²) in [4.78, 5) is 25.6. The summed E-state index contributed by atoms with van der Waals surface area (Å²) in [5, 5.41) is 0. The molecule has 132 valence electrons. The van der Waals surface area contributed by atoms with Crippen LogP contribution < -0.4 is 4.90 Å². The van der Waals surface area contributed by atoms with Crippen molar-refractivity contribution in [2.75, 3.05) is 37.7 Å². The maximum Gasteiger partial charge on any atom is 0.341 e. The summed E-state index contributed by atoms with van der Waals surface area (Å²) >= 11 is 0. The van der Waals surface area contributed by atoms with E-state index in [0.717, 1.165) is 31.9 Å². The van der Waals surface area contributed by atoms with Gasteiger partial charge in [0.05, 0.1) is 12.3 Å². The molecule has 6 heteroatoms. The zero-order valence-corrected chi connectivity index (χ0v) is 14.8. The lowest BCUT2D eigenvalue weighted by Gasteiger charge is -2.38. The van der Waals surface area contributed by atoms with Gasteiger partial charge in [-0.3, -0.25) is 9.88 Å². The van der Waals surface area contributed by atoms with Gasteiger partial charge in [-0.2, -0.15) is 0 Å². The monoisotopic (exact) mass is 340 g/mol. The minimum Gasteiger partial charge on any atom is -0.462 e. The van der Waals surface area contributed by atoms with Crippen LogP contribution in [0.2, 0.25) is 0 Å². The van der Waals surface area contributed by atoms with Crippen molar-refractivity contribution >= 4 is 11.8 Å². The highest BCUT2D eigenvalue weighted by Gasteiger charge is 2.26. The normalized spacial score (nSPS) is 16.5. The standard InChI is InChI=1S/C19H24N4O2/c1-3-25-19(24)16-7-6-10-21-18(16)23-13-11-22(12-14-23)15(2)17-8-4-5-9-20-17/h4-10,15H,3,11-14H2,1-2H3/t15-/m0/s1. The number of hydrogen-bond donors (Lipinski definition) is 0. The minimum atomic E-state index is -0.310. The average Bonchev–Trinajstić information content (AvgIpc) is 2.68. The van der Waals surface area contributed by atoms with Crippen LogP contribution in [-0.4, -0.2) is 53.6 Å². The van der Waals surface area contributed by atoms with Gasteiger partial charge in [0.25, 0.3) is 0 Å². The number of pyridine rings is 2. The number of aromatic nitrogens is 2. The first-order valence-electron chi connectivity index (χ1n) is 8.72. The molecule has 0 amide bonds. The van der Waals surface area contributed by atoms with Gasteiger partial charge in [-0.05, 0) is 38.1 Å². The Hall–Kier alpha value is -2.47. The van der Waals surface area contributed by atoms with Crippen LogP contribution in [0.5, 0.6) is 0 Å². The van der Waals surface area contributed by atoms with Crippen molar-refractivity contribution in [3.05, 3.63) is 54.0 Å². The lowest BCUT2D eigenvalue weighted by atomic mass is 10.1. The molecule has 0 radical (unpaired) electrons. The predicted molar refractivity (Wildman–Crippen MR) is 96.6 cm³/mol. The number of piperazine rings is 1. The maximum atomic E-state index is 12.2. The van der Waals surface area contributed by atoms with E-state index in [4.69, 9.17) is 4.74 Å². The highest BCUT2D eigenvalue weighted by atomic mass is 16.5. The van der Waals surface area contributed by atoms with Crippen molar-refractivity contribution in [3.63, 3.8) is 0 Å². The first-order valence-corrected chi connectivity index (χ1v) is 8.72. The fraction of sp³-hybridized carbons (Fsp3) is 0.421. The van der Waals surface area contributed by atoms with Gasteiger partial charge in [0.1, 0.15) is 11.4 Å². The Labute approximate surface area is 148 Å². The zero-order chi connectivity index (χ0) is 17.6. The van der Waals surface area contributed by atoms with Crippen molar-refractivity contribution in [2.24, 2.45) is 0 Å². The third-order valence-corrected chi connectivity index (χ3v) is 4.56. The Morgan fingerprint density at radius 3 is 2.56 bits per heavy atom. The largest absolute Gasteiger partial charge is 0.462 e. The van der Waals surface area contributed by atoms with Crippen molar-refractivity contribution in [1.29, 1.82) is 0 Å². The quantitative estimate of drug-likeness (QED) is 0.780. The van der Waals surface area contributed by atoms with Crippen molar-refractivity contribution < 1.29 is 9.53 Å². The molecule has 1 fully saturated rings. The van der Waals surface area contributed by atoms with Crippen LogP contribution in [0.25, 0.3) is 0 Å². The van der Waals surface area contributed by atoms with Crippen molar-refractivity contribution in [3.8, 4) is 0 Å². The first-order chi connectivity index (χ1) is 12.2. The second-order valence-electron chi connectivity index (χ2n) is 6.05. The highest BCUT2D eigenvalue weighted by Crippen LogP contribution is 2.24. The van der Waals surface area contributed by atoms with E-state index in [0.29, 0.717) is 18.0 Å². The van der Waals surface area contributed by atoms with Crippen LogP contribution in [0, 0.1) is 0 Å². The molecule has 1 aliphatic heterocycles. The summed E-state index contributed by atoms with van der Waals surface area (Å²) in [7, 11) is 0. The van der Waals surface area contributed by atoms with Crippen LogP contribution in [-0.2, 0) is 4.74 Å². The fourth-order valence-corrected chi connectivity index (χ4v) is 3.15. The molecule has 0 saturated carbocycles. The molecular formula is C19H24N4O2. The molecule has 1 atom stereocenters. The lowest BCUT2D eigenvalue weighted by molar-refractivity contribution is 0.0526. The molecule has 0 unspecified atom stereocenters. The van der Waals surface area contributed by atoms with Crippen molar-refractivity contribution in [1.82, 2.24) is 14.9 Å². The van der Waals surface area contributed by atoms with E-state index in [1.807, 2.05) is 25.3 Å². The summed E-state index contributed by atoms with van der Waals surface area (Å²) < 4.78 is 5.15. The number of anilines is 1. The molecule has 2 aromatic heterocycles. The van der Waals surface area contributed by atoms with E-state index < -0.39 is 0 Å². The van der Waals surface area contributed by atoms with Gasteiger partial charge in [0.2, 0.25) is 0 Å². The molecule has 3 rings (SSSR count). The average molecular weight is 340 g/mol. The second-order valence-corrected chi connectivity index (χ2v) is 6.05. The molecule has 0 aliphatic carbocycles. The number of rotatable bonds is 5. The van der Waals surface area contributed by atoms with Crippen LogP contribution >= 0.6 is 0 Å². The highest BCUT2D eigenvalue weighted by molar-refractivity contribution is 5.94. The lowest BCUT2D eigenvalue weighted by Crippen LogP contribution is -2.48. The van der Waals surface area contributed by atoms with Crippen LogP contribution in [0.4, 0.5) is 5.82 Å². The smallest absolute Gasteiger partial charge is 0.341 e. The number of carbonyl (C=O) groups excluding carboxylic acids is 1. The van der Waals surface area contributed by atoms with Gasteiger partial charge >= 0.3 is 5.97 Å². The second kappa shape index (κ2) is 8.07. The molecule has 0 aromatic carbocycles. The van der Waals surface area contributed by atoms with E-state index >= 15 is 0 Å². The molecule has 1 aliphatic rings. The van der Waals surface area contributed by atoms with E-state index in [1.54, 1.807) is 18.3 Å².